The molecule has 1 atom stereocenters. The zero-order valence-electron chi connectivity index (χ0n) is 10.3. The van der Waals surface area contributed by atoms with Gasteiger partial charge in [-0.15, -0.1) is 0 Å². The molecular formula is C12H19N3O2. The normalized spacial score (nSPS) is 18.9. The Morgan fingerprint density at radius 3 is 2.76 bits per heavy atom. The molecule has 5 nitrogen and oxygen atoms in total. The first kappa shape index (κ1) is 12.1. The lowest BCUT2D eigenvalue weighted by Crippen LogP contribution is -2.51. The van der Waals surface area contributed by atoms with Crippen LogP contribution in [0.15, 0.2) is 16.5 Å². The molecule has 1 aromatic heterocycles. The SMILES string of the molecule is Cc1ccc(NC(=O)C(C)N2CCNCC2)o1. The van der Waals surface area contributed by atoms with Gasteiger partial charge in [0.2, 0.25) is 5.91 Å². The van der Waals surface area contributed by atoms with E-state index in [4.69, 9.17) is 4.42 Å². The van der Waals surface area contributed by atoms with Gasteiger partial charge in [-0.3, -0.25) is 15.0 Å². The van der Waals surface area contributed by atoms with Crippen molar-refractivity contribution < 1.29 is 9.21 Å². The highest BCUT2D eigenvalue weighted by Gasteiger charge is 2.23. The van der Waals surface area contributed by atoms with Crippen LogP contribution in [0.25, 0.3) is 0 Å². The first-order valence-corrected chi connectivity index (χ1v) is 5.99. The molecule has 0 radical (unpaired) electrons. The number of rotatable bonds is 3. The number of hydrogen-bond donors (Lipinski definition) is 2. The summed E-state index contributed by atoms with van der Waals surface area (Å²) in [6.07, 6.45) is 0. The molecule has 2 rings (SSSR count). The van der Waals surface area contributed by atoms with Crippen molar-refractivity contribution in [2.45, 2.75) is 19.9 Å². The summed E-state index contributed by atoms with van der Waals surface area (Å²) in [7, 11) is 0. The summed E-state index contributed by atoms with van der Waals surface area (Å²) in [6, 6.07) is 3.49. The van der Waals surface area contributed by atoms with Crippen LogP contribution in [0.3, 0.4) is 0 Å². The second-order valence-corrected chi connectivity index (χ2v) is 4.36. The van der Waals surface area contributed by atoms with E-state index < -0.39 is 0 Å². The summed E-state index contributed by atoms with van der Waals surface area (Å²) >= 11 is 0. The van der Waals surface area contributed by atoms with Crippen LogP contribution in [0.1, 0.15) is 12.7 Å². The minimum Gasteiger partial charge on any atom is -0.446 e. The summed E-state index contributed by atoms with van der Waals surface area (Å²) < 4.78 is 5.33. The number of carbonyl (C=O) groups is 1. The minimum absolute atomic E-state index is 0.0127. The van der Waals surface area contributed by atoms with Gasteiger partial charge in [-0.05, 0) is 19.9 Å². The summed E-state index contributed by atoms with van der Waals surface area (Å²) in [5.41, 5.74) is 0. The largest absolute Gasteiger partial charge is 0.446 e. The van der Waals surface area contributed by atoms with Gasteiger partial charge >= 0.3 is 0 Å². The van der Waals surface area contributed by atoms with E-state index in [-0.39, 0.29) is 11.9 Å². The molecule has 1 unspecified atom stereocenters. The van der Waals surface area contributed by atoms with Crippen molar-refractivity contribution in [1.82, 2.24) is 10.2 Å². The maximum atomic E-state index is 12.0. The molecule has 1 fully saturated rings. The zero-order valence-corrected chi connectivity index (χ0v) is 10.3. The fourth-order valence-corrected chi connectivity index (χ4v) is 1.96. The van der Waals surface area contributed by atoms with Gasteiger partial charge < -0.3 is 9.73 Å². The lowest BCUT2D eigenvalue weighted by molar-refractivity contribution is -0.121. The van der Waals surface area contributed by atoms with Gasteiger partial charge in [0.15, 0.2) is 5.88 Å². The van der Waals surface area contributed by atoms with Crippen LogP contribution < -0.4 is 10.6 Å². The van der Waals surface area contributed by atoms with E-state index in [1.165, 1.54) is 0 Å². The van der Waals surface area contributed by atoms with Crippen molar-refractivity contribution in [2.75, 3.05) is 31.5 Å². The van der Waals surface area contributed by atoms with Crippen molar-refractivity contribution in [3.8, 4) is 0 Å². The third-order valence-corrected chi connectivity index (χ3v) is 3.07. The molecule has 17 heavy (non-hydrogen) atoms. The van der Waals surface area contributed by atoms with Gasteiger partial charge in [-0.25, -0.2) is 0 Å². The van der Waals surface area contributed by atoms with Crippen molar-refractivity contribution in [2.24, 2.45) is 0 Å². The Kier molecular flexibility index (Phi) is 3.81. The number of anilines is 1. The van der Waals surface area contributed by atoms with Crippen LogP contribution in [0.5, 0.6) is 0 Å². The van der Waals surface area contributed by atoms with Gasteiger partial charge in [0, 0.05) is 32.2 Å². The Labute approximate surface area is 101 Å². The molecule has 5 heteroatoms. The third-order valence-electron chi connectivity index (χ3n) is 3.07. The van der Waals surface area contributed by atoms with Crippen LogP contribution in [-0.4, -0.2) is 43.0 Å². The van der Waals surface area contributed by atoms with Crippen LogP contribution in [0, 0.1) is 6.92 Å². The highest BCUT2D eigenvalue weighted by Crippen LogP contribution is 2.13. The molecule has 0 spiro atoms. The molecule has 1 aromatic rings. The van der Waals surface area contributed by atoms with Crippen molar-refractivity contribution in [1.29, 1.82) is 0 Å². The number of hydrogen-bond acceptors (Lipinski definition) is 4. The Morgan fingerprint density at radius 1 is 1.47 bits per heavy atom. The smallest absolute Gasteiger partial charge is 0.243 e. The summed E-state index contributed by atoms with van der Waals surface area (Å²) in [4.78, 5) is 14.2. The number of nitrogens with one attached hydrogen (secondary N) is 2. The lowest BCUT2D eigenvalue weighted by Gasteiger charge is -2.31. The van der Waals surface area contributed by atoms with E-state index in [1.807, 2.05) is 19.9 Å². The van der Waals surface area contributed by atoms with Crippen LogP contribution >= 0.6 is 0 Å². The maximum absolute atomic E-state index is 12.0. The molecule has 2 heterocycles. The fraction of sp³-hybridized carbons (Fsp3) is 0.583. The summed E-state index contributed by atoms with van der Waals surface area (Å²) in [6.45, 7) is 7.48. The first-order chi connectivity index (χ1) is 8.16. The number of piperazine rings is 1. The second kappa shape index (κ2) is 5.33. The minimum atomic E-state index is -0.123. The number of aryl methyl sites for hydroxylation is 1. The number of nitrogens with zero attached hydrogens (tertiary/aromatic N) is 1. The lowest BCUT2D eigenvalue weighted by atomic mass is 10.2. The molecule has 1 aliphatic heterocycles. The number of amides is 1. The van der Waals surface area contributed by atoms with Crippen molar-refractivity contribution in [3.05, 3.63) is 17.9 Å². The average Bonchev–Trinajstić information content (AvgIpc) is 2.75. The molecule has 0 aliphatic carbocycles. The highest BCUT2D eigenvalue weighted by molar-refractivity contribution is 5.93. The second-order valence-electron chi connectivity index (χ2n) is 4.36. The number of carbonyl (C=O) groups excluding carboxylic acids is 1. The van der Waals surface area contributed by atoms with E-state index in [0.29, 0.717) is 5.88 Å². The molecule has 1 amide bonds. The predicted octanol–water partition coefficient (Wildman–Crippen LogP) is 0.820. The van der Waals surface area contributed by atoms with Crippen LogP contribution in [-0.2, 0) is 4.79 Å². The zero-order chi connectivity index (χ0) is 12.3. The highest BCUT2D eigenvalue weighted by atomic mass is 16.4. The first-order valence-electron chi connectivity index (χ1n) is 5.99. The van der Waals surface area contributed by atoms with Gasteiger partial charge in [0.25, 0.3) is 0 Å². The van der Waals surface area contributed by atoms with E-state index in [0.717, 1.165) is 31.9 Å². The summed E-state index contributed by atoms with van der Waals surface area (Å²) in [5.74, 6) is 1.31. The van der Waals surface area contributed by atoms with Crippen molar-refractivity contribution in [3.63, 3.8) is 0 Å². The van der Waals surface area contributed by atoms with Crippen LogP contribution in [0.2, 0.25) is 0 Å². The van der Waals surface area contributed by atoms with E-state index in [1.54, 1.807) is 6.07 Å². The Balaban J connectivity index is 1.90. The third kappa shape index (κ3) is 3.08. The number of furan rings is 1. The van der Waals surface area contributed by atoms with E-state index >= 15 is 0 Å². The molecule has 1 aliphatic rings. The molecule has 0 bridgehead atoms. The molecule has 1 saturated heterocycles. The molecular weight excluding hydrogens is 218 g/mol. The quantitative estimate of drug-likeness (QED) is 0.817. The van der Waals surface area contributed by atoms with Gasteiger partial charge in [0.1, 0.15) is 5.76 Å². The van der Waals surface area contributed by atoms with E-state index in [9.17, 15) is 4.79 Å². The monoisotopic (exact) mass is 237 g/mol. The Bertz CT molecular complexity index is 383. The topological polar surface area (TPSA) is 57.5 Å². The van der Waals surface area contributed by atoms with Crippen LogP contribution in [0.4, 0.5) is 5.88 Å². The van der Waals surface area contributed by atoms with Gasteiger partial charge in [-0.2, -0.15) is 0 Å². The molecule has 2 N–H and O–H groups in total. The standard InChI is InChI=1S/C12H19N3O2/c1-9-3-4-11(17-9)14-12(16)10(2)15-7-5-13-6-8-15/h3-4,10,13H,5-8H2,1-2H3,(H,14,16). The summed E-state index contributed by atoms with van der Waals surface area (Å²) in [5, 5.41) is 6.06. The van der Waals surface area contributed by atoms with Gasteiger partial charge in [-0.1, -0.05) is 0 Å². The molecule has 94 valence electrons. The van der Waals surface area contributed by atoms with Crippen molar-refractivity contribution >= 4 is 11.8 Å². The Morgan fingerprint density at radius 2 is 2.18 bits per heavy atom. The molecule has 0 saturated carbocycles. The molecule has 0 aromatic carbocycles. The van der Waals surface area contributed by atoms with E-state index in [2.05, 4.69) is 15.5 Å². The Hall–Kier alpha value is -1.33. The van der Waals surface area contributed by atoms with Gasteiger partial charge in [0.05, 0.1) is 6.04 Å². The maximum Gasteiger partial charge on any atom is 0.243 e. The average molecular weight is 237 g/mol. The fourth-order valence-electron chi connectivity index (χ4n) is 1.96. The predicted molar refractivity (Wildman–Crippen MR) is 66.0 cm³/mol.